The zero-order valence-electron chi connectivity index (χ0n) is 12.1. The van der Waals surface area contributed by atoms with Crippen molar-refractivity contribution in [3.05, 3.63) is 54.4 Å². The van der Waals surface area contributed by atoms with Crippen molar-refractivity contribution >= 4 is 22.6 Å². The maximum absolute atomic E-state index is 13.3. The molecule has 0 fully saturated rings. The van der Waals surface area contributed by atoms with Crippen molar-refractivity contribution in [2.24, 2.45) is 0 Å². The summed E-state index contributed by atoms with van der Waals surface area (Å²) in [6.07, 6.45) is -4.59. The third-order valence-electron chi connectivity index (χ3n) is 3.24. The number of fused-ring (bicyclic) bond motifs is 1. The average molecular weight is 319 g/mol. The van der Waals surface area contributed by atoms with Gasteiger partial charge in [0.15, 0.2) is 0 Å². The van der Waals surface area contributed by atoms with E-state index in [1.54, 1.807) is 36.4 Å². The molecular formula is C16H12F3N3O. The normalized spacial score (nSPS) is 11.7. The number of benzene rings is 2. The molecule has 2 aromatic carbocycles. The van der Waals surface area contributed by atoms with Gasteiger partial charge in [-0.05, 0) is 30.3 Å². The Balaban J connectivity index is 2.25. The molecule has 1 aromatic heterocycles. The Bertz CT molecular complexity index is 869. The maximum Gasteiger partial charge on any atom is 0.450 e. The van der Waals surface area contributed by atoms with Crippen LogP contribution in [0, 0.1) is 0 Å². The van der Waals surface area contributed by atoms with Gasteiger partial charge in [0, 0.05) is 18.3 Å². The van der Waals surface area contributed by atoms with Gasteiger partial charge in [-0.1, -0.05) is 18.2 Å². The van der Waals surface area contributed by atoms with Gasteiger partial charge in [-0.25, -0.2) is 4.98 Å². The van der Waals surface area contributed by atoms with E-state index in [0.717, 1.165) is 4.57 Å². The van der Waals surface area contributed by atoms with Crippen molar-refractivity contribution in [3.8, 4) is 5.69 Å². The number of carbonyl (C=O) groups is 1. The first-order valence-corrected chi connectivity index (χ1v) is 6.79. The summed E-state index contributed by atoms with van der Waals surface area (Å²) in [7, 11) is 0. The second-order valence-electron chi connectivity index (χ2n) is 4.99. The van der Waals surface area contributed by atoms with Crippen LogP contribution in [-0.4, -0.2) is 15.5 Å². The zero-order valence-corrected chi connectivity index (χ0v) is 12.1. The summed E-state index contributed by atoms with van der Waals surface area (Å²) in [5.41, 5.74) is 1.25. The first-order chi connectivity index (χ1) is 10.9. The van der Waals surface area contributed by atoms with E-state index in [9.17, 15) is 18.0 Å². The minimum absolute atomic E-state index is 0.160. The third kappa shape index (κ3) is 2.90. The number of hydrogen-bond acceptors (Lipinski definition) is 2. The lowest BCUT2D eigenvalue weighted by molar-refractivity contribution is -0.145. The van der Waals surface area contributed by atoms with E-state index in [2.05, 4.69) is 10.3 Å². The summed E-state index contributed by atoms with van der Waals surface area (Å²) >= 11 is 0. The maximum atomic E-state index is 13.3. The van der Waals surface area contributed by atoms with Crippen LogP contribution in [0.15, 0.2) is 48.5 Å². The number of carbonyl (C=O) groups excluding carboxylic acids is 1. The van der Waals surface area contributed by atoms with Crippen molar-refractivity contribution in [2.45, 2.75) is 13.1 Å². The number of amides is 1. The second-order valence-corrected chi connectivity index (χ2v) is 4.99. The predicted octanol–water partition coefficient (Wildman–Crippen LogP) is 4.00. The highest BCUT2D eigenvalue weighted by atomic mass is 19.4. The summed E-state index contributed by atoms with van der Waals surface area (Å²) in [5, 5.41) is 2.53. The third-order valence-corrected chi connectivity index (χ3v) is 3.24. The van der Waals surface area contributed by atoms with Crippen LogP contribution in [-0.2, 0) is 11.0 Å². The van der Waals surface area contributed by atoms with Gasteiger partial charge in [0.25, 0.3) is 0 Å². The minimum Gasteiger partial charge on any atom is -0.326 e. The summed E-state index contributed by atoms with van der Waals surface area (Å²) in [5.74, 6) is -1.30. The number of alkyl halides is 3. The number of halogens is 3. The van der Waals surface area contributed by atoms with Crippen LogP contribution >= 0.6 is 0 Å². The van der Waals surface area contributed by atoms with Crippen LogP contribution in [0.3, 0.4) is 0 Å². The topological polar surface area (TPSA) is 46.9 Å². The van der Waals surface area contributed by atoms with Crippen LogP contribution in [0.2, 0.25) is 0 Å². The van der Waals surface area contributed by atoms with Crippen LogP contribution in [0.4, 0.5) is 18.9 Å². The van der Waals surface area contributed by atoms with Gasteiger partial charge in [0.2, 0.25) is 11.7 Å². The molecule has 0 aliphatic carbocycles. The molecule has 1 heterocycles. The van der Waals surface area contributed by atoms with Gasteiger partial charge >= 0.3 is 6.18 Å². The molecule has 0 radical (unpaired) electrons. The molecule has 0 aliphatic heterocycles. The van der Waals surface area contributed by atoms with Crippen molar-refractivity contribution in [1.29, 1.82) is 0 Å². The number of nitrogens with zero attached hydrogens (tertiary/aromatic N) is 2. The number of anilines is 1. The van der Waals surface area contributed by atoms with Gasteiger partial charge in [-0.3, -0.25) is 9.36 Å². The lowest BCUT2D eigenvalue weighted by Crippen LogP contribution is -2.13. The van der Waals surface area contributed by atoms with E-state index in [1.807, 2.05) is 0 Å². The van der Waals surface area contributed by atoms with Crippen molar-refractivity contribution in [2.75, 3.05) is 5.32 Å². The highest BCUT2D eigenvalue weighted by molar-refractivity contribution is 5.92. The molecule has 0 saturated heterocycles. The fourth-order valence-electron chi connectivity index (χ4n) is 2.39. The van der Waals surface area contributed by atoms with E-state index >= 15 is 0 Å². The SMILES string of the molecule is CC(=O)Nc1ccc2c(c1)nc(C(F)(F)F)n2-c1ccccc1. The summed E-state index contributed by atoms with van der Waals surface area (Å²) in [4.78, 5) is 14.8. The van der Waals surface area contributed by atoms with E-state index < -0.39 is 12.0 Å². The molecule has 118 valence electrons. The van der Waals surface area contributed by atoms with Crippen molar-refractivity contribution < 1.29 is 18.0 Å². The number of nitrogens with one attached hydrogen (secondary N) is 1. The van der Waals surface area contributed by atoms with E-state index in [1.165, 1.54) is 19.1 Å². The molecule has 23 heavy (non-hydrogen) atoms. The van der Waals surface area contributed by atoms with E-state index in [0.29, 0.717) is 16.9 Å². The van der Waals surface area contributed by atoms with Gasteiger partial charge in [0.1, 0.15) is 0 Å². The number of rotatable bonds is 2. The molecule has 1 amide bonds. The lowest BCUT2D eigenvalue weighted by Gasteiger charge is -2.11. The minimum atomic E-state index is -4.59. The number of hydrogen-bond donors (Lipinski definition) is 1. The first-order valence-electron chi connectivity index (χ1n) is 6.79. The monoisotopic (exact) mass is 319 g/mol. The van der Waals surface area contributed by atoms with E-state index in [4.69, 9.17) is 0 Å². The van der Waals surface area contributed by atoms with Crippen LogP contribution < -0.4 is 5.32 Å². The number of para-hydroxylation sites is 1. The highest BCUT2D eigenvalue weighted by Crippen LogP contribution is 2.34. The van der Waals surface area contributed by atoms with Gasteiger partial charge in [-0.15, -0.1) is 0 Å². The smallest absolute Gasteiger partial charge is 0.326 e. The Labute approximate surface area is 129 Å². The Morgan fingerprint density at radius 3 is 2.43 bits per heavy atom. The van der Waals surface area contributed by atoms with E-state index in [-0.39, 0.29) is 11.4 Å². The molecule has 3 aromatic rings. The fraction of sp³-hybridized carbons (Fsp3) is 0.125. The molecule has 3 rings (SSSR count). The molecule has 0 bridgehead atoms. The summed E-state index contributed by atoms with van der Waals surface area (Å²) in [6, 6.07) is 12.7. The Morgan fingerprint density at radius 1 is 1.13 bits per heavy atom. The summed E-state index contributed by atoms with van der Waals surface area (Å²) in [6.45, 7) is 1.33. The molecule has 7 heteroatoms. The number of aromatic nitrogens is 2. The standard InChI is InChI=1S/C16H12F3N3O/c1-10(23)20-11-7-8-14-13(9-11)21-15(16(17,18)19)22(14)12-5-3-2-4-6-12/h2-9H,1H3,(H,20,23). The molecule has 0 aliphatic rings. The predicted molar refractivity (Wildman–Crippen MR) is 80.4 cm³/mol. The van der Waals surface area contributed by atoms with Crippen LogP contribution in [0.25, 0.3) is 16.7 Å². The summed E-state index contributed by atoms with van der Waals surface area (Å²) < 4.78 is 41.1. The Kier molecular flexibility index (Phi) is 3.55. The van der Waals surface area contributed by atoms with Crippen LogP contribution in [0.1, 0.15) is 12.7 Å². The second kappa shape index (κ2) is 5.42. The fourth-order valence-corrected chi connectivity index (χ4v) is 2.39. The zero-order chi connectivity index (χ0) is 16.6. The molecule has 0 saturated carbocycles. The largest absolute Gasteiger partial charge is 0.450 e. The lowest BCUT2D eigenvalue weighted by atomic mass is 10.2. The molecule has 0 spiro atoms. The molecule has 0 atom stereocenters. The quantitative estimate of drug-likeness (QED) is 0.776. The first kappa shape index (κ1) is 15.1. The van der Waals surface area contributed by atoms with Gasteiger partial charge in [-0.2, -0.15) is 13.2 Å². The number of imidazole rings is 1. The Hall–Kier alpha value is -2.83. The van der Waals surface area contributed by atoms with Crippen molar-refractivity contribution in [1.82, 2.24) is 9.55 Å². The molecule has 0 unspecified atom stereocenters. The van der Waals surface area contributed by atoms with Gasteiger partial charge in [0.05, 0.1) is 11.0 Å². The molecular weight excluding hydrogens is 307 g/mol. The highest BCUT2D eigenvalue weighted by Gasteiger charge is 2.38. The van der Waals surface area contributed by atoms with Crippen molar-refractivity contribution in [3.63, 3.8) is 0 Å². The van der Waals surface area contributed by atoms with Crippen LogP contribution in [0.5, 0.6) is 0 Å². The Morgan fingerprint density at radius 2 is 1.83 bits per heavy atom. The molecule has 4 nitrogen and oxygen atoms in total. The van der Waals surface area contributed by atoms with Gasteiger partial charge < -0.3 is 5.32 Å². The molecule has 1 N–H and O–H groups in total. The average Bonchev–Trinajstić information content (AvgIpc) is 2.86.